The first-order valence-corrected chi connectivity index (χ1v) is 5.47. The van der Waals surface area contributed by atoms with Crippen molar-refractivity contribution in [2.75, 3.05) is 11.5 Å². The average molecular weight is 231 g/mol. The molecule has 0 spiro atoms. The van der Waals surface area contributed by atoms with Crippen molar-refractivity contribution in [2.45, 2.75) is 16.7 Å². The Bertz CT molecular complexity index is 212. The van der Waals surface area contributed by atoms with Crippen LogP contribution in [0, 0.1) is 0 Å². The van der Waals surface area contributed by atoms with Gasteiger partial charge in [-0.2, -0.15) is 13.2 Å². The Balaban J connectivity index is 2.81. The van der Waals surface area contributed by atoms with Crippen LogP contribution in [0.25, 0.3) is 0 Å². The van der Waals surface area contributed by atoms with Crippen LogP contribution in [0.4, 0.5) is 13.2 Å². The van der Waals surface area contributed by atoms with E-state index in [4.69, 9.17) is 5.73 Å². The van der Waals surface area contributed by atoms with Crippen molar-refractivity contribution in [2.24, 2.45) is 5.73 Å². The van der Waals surface area contributed by atoms with E-state index in [1.807, 2.05) is 0 Å². The molecule has 0 unspecified atom stereocenters. The normalized spacial score (nSPS) is 21.8. The van der Waals surface area contributed by atoms with E-state index < -0.39 is 22.6 Å². The topological polar surface area (TPSA) is 43.1 Å². The largest absolute Gasteiger partial charge is 0.412 e. The molecular formula is C6H8F3NOS2. The third kappa shape index (κ3) is 2.25. The van der Waals surface area contributed by atoms with E-state index in [9.17, 15) is 18.0 Å². The van der Waals surface area contributed by atoms with Gasteiger partial charge in [0.25, 0.3) is 0 Å². The number of amides is 1. The Morgan fingerprint density at radius 2 is 1.85 bits per heavy atom. The number of thioether (sulfide) groups is 2. The number of alkyl halides is 3. The number of carbonyl (C=O) groups excluding carboxylic acids is 1. The number of hydrogen-bond acceptors (Lipinski definition) is 3. The lowest BCUT2D eigenvalue weighted by Crippen LogP contribution is -2.40. The molecule has 1 amide bonds. The van der Waals surface area contributed by atoms with Crippen LogP contribution in [0.2, 0.25) is 0 Å². The zero-order chi connectivity index (χ0) is 10.1. The second-order valence-electron chi connectivity index (χ2n) is 2.59. The minimum Gasteiger partial charge on any atom is -0.370 e. The molecule has 0 radical (unpaired) electrons. The molecule has 7 heteroatoms. The van der Waals surface area contributed by atoms with Gasteiger partial charge in [0.05, 0.1) is 6.42 Å². The fraction of sp³-hybridized carbons (Fsp3) is 0.833. The summed E-state index contributed by atoms with van der Waals surface area (Å²) in [4.78, 5) is 10.5. The van der Waals surface area contributed by atoms with Crippen LogP contribution in [-0.2, 0) is 4.79 Å². The molecule has 0 saturated carbocycles. The fourth-order valence-electron chi connectivity index (χ4n) is 1.05. The minimum atomic E-state index is -4.37. The molecular weight excluding hydrogens is 223 g/mol. The van der Waals surface area contributed by atoms with Gasteiger partial charge in [0.15, 0.2) is 4.08 Å². The maximum atomic E-state index is 12.5. The monoisotopic (exact) mass is 231 g/mol. The highest BCUT2D eigenvalue weighted by molar-refractivity contribution is 8.21. The number of rotatable bonds is 2. The zero-order valence-electron chi connectivity index (χ0n) is 6.56. The van der Waals surface area contributed by atoms with Gasteiger partial charge in [0, 0.05) is 11.5 Å². The second kappa shape index (κ2) is 3.61. The minimum absolute atomic E-state index is 0.414. The second-order valence-corrected chi connectivity index (χ2v) is 5.64. The number of carbonyl (C=O) groups is 1. The first kappa shape index (κ1) is 11.0. The maximum absolute atomic E-state index is 12.5. The number of hydrogen-bond donors (Lipinski definition) is 1. The van der Waals surface area contributed by atoms with Crippen LogP contribution in [0.3, 0.4) is 0 Å². The van der Waals surface area contributed by atoms with Gasteiger partial charge in [-0.25, -0.2) is 0 Å². The summed E-state index contributed by atoms with van der Waals surface area (Å²) in [5, 5.41) is 0. The molecule has 1 heterocycles. The summed E-state index contributed by atoms with van der Waals surface area (Å²) >= 11 is 1.52. The molecule has 1 aliphatic heterocycles. The number of nitrogens with two attached hydrogens (primary N) is 1. The lowest BCUT2D eigenvalue weighted by Gasteiger charge is -2.28. The molecule has 1 fully saturated rings. The van der Waals surface area contributed by atoms with Crippen LogP contribution in [0.1, 0.15) is 6.42 Å². The quantitative estimate of drug-likeness (QED) is 0.785. The first-order chi connectivity index (χ1) is 5.87. The van der Waals surface area contributed by atoms with Crippen LogP contribution in [-0.4, -0.2) is 27.7 Å². The molecule has 2 N–H and O–H groups in total. The van der Waals surface area contributed by atoms with Crippen LogP contribution >= 0.6 is 23.5 Å². The Kier molecular flexibility index (Phi) is 3.06. The standard InChI is InChI=1S/C6H8F3NOS2/c7-6(8,9)5(3-4(10)11)12-1-2-13-5/h1-3H2,(H2,10,11). The summed E-state index contributed by atoms with van der Waals surface area (Å²) in [5.74, 6) is -0.0752. The first-order valence-electron chi connectivity index (χ1n) is 3.50. The van der Waals surface area contributed by atoms with Crippen LogP contribution < -0.4 is 5.73 Å². The SMILES string of the molecule is NC(=O)CC1(C(F)(F)F)SCCS1. The Morgan fingerprint density at radius 1 is 1.38 bits per heavy atom. The predicted octanol–water partition coefficient (Wildman–Crippen LogP) is 1.60. The van der Waals surface area contributed by atoms with Crippen LogP contribution in [0.5, 0.6) is 0 Å². The van der Waals surface area contributed by atoms with E-state index >= 15 is 0 Å². The molecule has 76 valence electrons. The Labute approximate surface area is 81.8 Å². The third-order valence-corrected chi connectivity index (χ3v) is 5.06. The van der Waals surface area contributed by atoms with E-state index in [1.165, 1.54) is 0 Å². The molecule has 0 aromatic rings. The smallest absolute Gasteiger partial charge is 0.370 e. The summed E-state index contributed by atoms with van der Waals surface area (Å²) in [6.07, 6.45) is -5.00. The highest BCUT2D eigenvalue weighted by Crippen LogP contribution is 2.55. The van der Waals surface area contributed by atoms with Gasteiger partial charge in [-0.1, -0.05) is 0 Å². The molecule has 0 bridgehead atoms. The third-order valence-electron chi connectivity index (χ3n) is 1.59. The highest BCUT2D eigenvalue weighted by Gasteiger charge is 2.58. The van der Waals surface area contributed by atoms with Gasteiger partial charge in [-0.3, -0.25) is 4.79 Å². The van der Waals surface area contributed by atoms with Gasteiger partial charge in [-0.15, -0.1) is 23.5 Å². The summed E-state index contributed by atoms with van der Waals surface area (Å²) in [7, 11) is 0. The van der Waals surface area contributed by atoms with Gasteiger partial charge >= 0.3 is 6.18 Å². The van der Waals surface area contributed by atoms with Crippen molar-refractivity contribution in [1.82, 2.24) is 0 Å². The fourth-order valence-corrected chi connectivity index (χ4v) is 4.03. The van der Waals surface area contributed by atoms with Crippen molar-refractivity contribution >= 4 is 29.4 Å². The molecule has 13 heavy (non-hydrogen) atoms. The van der Waals surface area contributed by atoms with E-state index in [2.05, 4.69) is 0 Å². The number of halogens is 3. The van der Waals surface area contributed by atoms with Crippen molar-refractivity contribution in [3.05, 3.63) is 0 Å². The summed E-state index contributed by atoms with van der Waals surface area (Å²) < 4.78 is 35.6. The summed E-state index contributed by atoms with van der Waals surface area (Å²) in [6, 6.07) is 0. The molecule has 0 aromatic carbocycles. The van der Waals surface area contributed by atoms with E-state index in [1.54, 1.807) is 0 Å². The lowest BCUT2D eigenvalue weighted by molar-refractivity contribution is -0.144. The summed E-state index contributed by atoms with van der Waals surface area (Å²) in [6.45, 7) is 0. The predicted molar refractivity (Wildman–Crippen MR) is 47.5 cm³/mol. The van der Waals surface area contributed by atoms with Crippen molar-refractivity contribution in [1.29, 1.82) is 0 Å². The van der Waals surface area contributed by atoms with Crippen molar-refractivity contribution < 1.29 is 18.0 Å². The van der Waals surface area contributed by atoms with Crippen LogP contribution in [0.15, 0.2) is 0 Å². The average Bonchev–Trinajstić information content (AvgIpc) is 2.33. The molecule has 2 nitrogen and oxygen atoms in total. The van der Waals surface area contributed by atoms with E-state index in [0.29, 0.717) is 11.5 Å². The highest BCUT2D eigenvalue weighted by atomic mass is 32.2. The lowest BCUT2D eigenvalue weighted by atomic mass is 10.3. The Morgan fingerprint density at radius 3 is 2.15 bits per heavy atom. The molecule has 1 saturated heterocycles. The van der Waals surface area contributed by atoms with Gasteiger partial charge in [0.2, 0.25) is 5.91 Å². The zero-order valence-corrected chi connectivity index (χ0v) is 8.19. The van der Waals surface area contributed by atoms with Gasteiger partial charge < -0.3 is 5.73 Å². The Hall–Kier alpha value is -0.0400. The number of primary amides is 1. The maximum Gasteiger partial charge on any atom is 0.412 e. The van der Waals surface area contributed by atoms with Crippen molar-refractivity contribution in [3.63, 3.8) is 0 Å². The van der Waals surface area contributed by atoms with Crippen molar-refractivity contribution in [3.8, 4) is 0 Å². The summed E-state index contributed by atoms with van der Waals surface area (Å²) in [5.41, 5.74) is 4.79. The molecule has 0 aliphatic carbocycles. The van der Waals surface area contributed by atoms with Gasteiger partial charge in [0.1, 0.15) is 0 Å². The molecule has 1 rings (SSSR count). The van der Waals surface area contributed by atoms with Gasteiger partial charge in [-0.05, 0) is 0 Å². The van der Waals surface area contributed by atoms with E-state index in [-0.39, 0.29) is 0 Å². The molecule has 0 atom stereocenters. The molecule has 0 aromatic heterocycles. The van der Waals surface area contributed by atoms with E-state index in [0.717, 1.165) is 23.5 Å². The molecule has 1 aliphatic rings.